The molecule has 0 fully saturated rings. The zero-order valence-corrected chi connectivity index (χ0v) is 77.1. The number of unbranched alkanes of at least 4 members (excludes halogenated alkanes) is 3. The molecule has 9 rings (SSSR count). The summed E-state index contributed by atoms with van der Waals surface area (Å²) in [6, 6.07) is 64.8. The van der Waals surface area contributed by atoms with E-state index in [4.69, 9.17) is 86.8 Å². The van der Waals surface area contributed by atoms with E-state index in [1.165, 1.54) is 20.7 Å². The second kappa shape index (κ2) is 62.6. The van der Waals surface area contributed by atoms with Gasteiger partial charge in [-0.3, -0.25) is 50.6 Å². The number of carbonyl (C=O) groups excluding carboxylic acids is 6. The van der Waals surface area contributed by atoms with Crippen LogP contribution < -0.4 is 41.5 Å². The largest absolute Gasteiger partial charge is 0.471 e. The summed E-state index contributed by atoms with van der Waals surface area (Å²) >= 11 is 25.2. The number of nitrogens with zero attached hydrogens (tertiary/aromatic N) is 1. The number of benzene rings is 8. The van der Waals surface area contributed by atoms with Crippen molar-refractivity contribution in [2.24, 2.45) is 0 Å². The molecule has 8 N–H and O–H groups in total. The number of hydrogen-bond donors (Lipinski definition) is 8. The number of aliphatic hydroxyl groups excluding tert-OH is 1. The van der Waals surface area contributed by atoms with Crippen molar-refractivity contribution in [2.75, 3.05) is 51.1 Å². The topological polar surface area (TPSA) is 290 Å². The second-order valence-electron chi connectivity index (χ2n) is 22.1. The Hall–Kier alpha value is -7.69. The molecule has 1 heterocycles. The average Bonchev–Trinajstić information content (AvgIpc) is 1.57. The molecular weight excluding hydrogens is 2020 g/mol. The molecule has 8 aromatic carbocycles. The predicted molar refractivity (Wildman–Crippen MR) is 472 cm³/mol. The maximum absolute atomic E-state index is 12.9. The van der Waals surface area contributed by atoms with Gasteiger partial charge in [0.2, 0.25) is 0 Å². The van der Waals surface area contributed by atoms with E-state index >= 15 is 0 Å². The third kappa shape index (κ3) is 40.4. The van der Waals surface area contributed by atoms with Crippen molar-refractivity contribution in [1.82, 2.24) is 37.2 Å². The third-order valence-electron chi connectivity index (χ3n) is 14.5. The minimum atomic E-state index is -3.85. The molecule has 0 unspecified atom stereocenters. The number of carbonyl (C=O) groups is 6. The van der Waals surface area contributed by atoms with Crippen molar-refractivity contribution in [3.63, 3.8) is 0 Å². The van der Waals surface area contributed by atoms with Crippen LogP contribution in [0.1, 0.15) is 132 Å². The molecule has 1 aliphatic rings. The second-order valence-corrected chi connectivity index (χ2v) is 29.2. The van der Waals surface area contributed by atoms with Crippen molar-refractivity contribution >= 4 is 174 Å². The van der Waals surface area contributed by atoms with Gasteiger partial charge in [-0.2, -0.15) is 0 Å². The Morgan fingerprint density at radius 2 is 0.903 bits per heavy atom. The zero-order valence-electron chi connectivity index (χ0n) is 64.9. The van der Waals surface area contributed by atoms with E-state index in [0.29, 0.717) is 75.3 Å². The van der Waals surface area contributed by atoms with Crippen LogP contribution in [-0.2, 0) is 44.4 Å². The molecule has 0 aliphatic carbocycles. The quantitative estimate of drug-likeness (QED) is 0.00971. The standard InChI is InChI=1S/C18H12N2O3S2.C15H14N2OS.C14H22N2O4SSi.C14H15NO4S.C14H19NO2S.C2H6.CH4B.2CH4.BH2.2U/c21-17(13-6-2-1-3-7-13)19-18(24)20-14-10-4-8-12-9-5-11-15(16(12)14)25(20,22)23;18-14(13-9-5-2-6-10-13)17-15(19)16-11-12-7-3-1-4-8-12;1-19-22(11-17,20-2)10-6-9-15-14(21)16-13(18)12-7-4-3-5-8-12;1-10(2)13(17)18-8-9-19-14(20)15-12(16)11-6-4-3-5-7-11;1-2-3-4-8-11-17-14(18)15-13(16)12-9-6-5-7-10-12;2*1-2;;;;;/h1-11H,(H,19,21,24);1-10H,11H2,(H2,16,17,18,19);3-5,7-8,17H,6,9-11H2,1-2H3,(H2,15,16,18,21);3-7H,1,8-9H2,2H3,(H,15,16,20);5-7,9-10H,2-4,8,11H2,1H3,(H,15,16,18);1-2H3;2H,1H3;2*1H4;1H2;;/i;;;;;;2T;;;1T;;. The summed E-state index contributed by atoms with van der Waals surface area (Å²) < 4.78 is 64.2. The Morgan fingerprint density at radius 1 is 0.531 bits per heavy atom. The normalized spacial score (nSPS) is 10.5. The van der Waals surface area contributed by atoms with E-state index in [9.17, 15) is 42.3 Å². The molecule has 0 bridgehead atoms. The van der Waals surface area contributed by atoms with E-state index in [1.54, 1.807) is 155 Å². The van der Waals surface area contributed by atoms with Gasteiger partial charge in [-0.1, -0.05) is 214 Å². The molecule has 0 saturated heterocycles. The molecule has 33 heteroatoms. The van der Waals surface area contributed by atoms with Crippen LogP contribution in [0.25, 0.3) is 10.8 Å². The van der Waals surface area contributed by atoms with Gasteiger partial charge in [0.25, 0.3) is 49.9 Å². The summed E-state index contributed by atoms with van der Waals surface area (Å²) in [7, 11) is 0.504. The summed E-state index contributed by atoms with van der Waals surface area (Å²) in [6.45, 7) is 14.6. The minimum Gasteiger partial charge on any atom is -0.471 e. The average molecular weight is 2120 g/mol. The van der Waals surface area contributed by atoms with E-state index in [2.05, 4.69) is 59.1 Å². The molecule has 1 aliphatic heterocycles. The molecule has 0 atom stereocenters. The molecule has 600 valence electrons. The van der Waals surface area contributed by atoms with Gasteiger partial charge in [0.15, 0.2) is 15.3 Å². The first-order valence-corrected chi connectivity index (χ1v) is 39.8. The number of nitrogens with one attached hydrogen (secondary N) is 7. The zero-order chi connectivity index (χ0) is 82.4. The first kappa shape index (κ1) is 105. The van der Waals surface area contributed by atoms with E-state index in [0.717, 1.165) is 34.5 Å². The van der Waals surface area contributed by atoms with Crippen molar-refractivity contribution in [2.45, 2.75) is 99.0 Å². The summed E-state index contributed by atoms with van der Waals surface area (Å²) in [5.74, 6) is -1.97. The van der Waals surface area contributed by atoms with Crippen molar-refractivity contribution in [3.8, 4) is 0 Å². The Balaban J connectivity index is -0.00000133. The van der Waals surface area contributed by atoms with Crippen LogP contribution >= 0.6 is 61.1 Å². The molecule has 22 nitrogen and oxygen atoms in total. The molecule has 0 saturated carbocycles. The number of aliphatic hydroxyl groups is 1. The Labute approximate surface area is 747 Å². The number of esters is 1. The summed E-state index contributed by atoms with van der Waals surface area (Å²) in [4.78, 5) is 70.7. The Kier molecular flexibility index (Phi) is 58.4. The van der Waals surface area contributed by atoms with E-state index in [-0.39, 0.29) is 146 Å². The van der Waals surface area contributed by atoms with E-state index < -0.39 is 30.5 Å². The molecule has 0 aromatic heterocycles. The van der Waals surface area contributed by atoms with Crippen LogP contribution in [0.15, 0.2) is 235 Å². The van der Waals surface area contributed by atoms with Gasteiger partial charge in [-0.05, 0) is 173 Å². The van der Waals surface area contributed by atoms with Gasteiger partial charge in [0.1, 0.15) is 13.2 Å². The molecular formula is C80H102B2N8O14S6SiU2. The van der Waals surface area contributed by atoms with Crippen molar-refractivity contribution < 1.29 is 128 Å². The molecule has 5 amide bonds. The fraction of sp³-hybridized carbons (Fsp3) is 0.263. The smallest absolute Gasteiger partial charge is 0.364 e. The Morgan fingerprint density at radius 3 is 1.30 bits per heavy atom. The predicted octanol–water partition coefficient (Wildman–Crippen LogP) is 13.0. The fourth-order valence-corrected chi connectivity index (χ4v) is 13.6. The molecule has 0 spiro atoms. The monoisotopic (exact) mass is 2120 g/mol. The van der Waals surface area contributed by atoms with Crippen LogP contribution in [0, 0.1) is 62.2 Å². The van der Waals surface area contributed by atoms with Gasteiger partial charge in [0, 0.05) is 128 Å². The molecule has 2 radical (unpaired) electrons. The van der Waals surface area contributed by atoms with Crippen LogP contribution in [0.2, 0.25) is 12.9 Å². The molecule has 113 heavy (non-hydrogen) atoms. The number of thiocarbonyl (C=S) groups is 5. The molecule has 8 aromatic rings. The minimum absolute atomic E-state index is 0. The SMILES string of the molecule is C.C.C=C(C)C(=O)OCCOC(=S)NC(=O)c1ccccc1.CC.CCCCCCOC(=S)NC(=O)c1ccccc1.CO[Si](CO)(CCCNC(=S)NC(=O)c1ccccc1)OC.O=C(NC(=S)N1c2cccc3cccc(c23)S1(=O)=O)c1ccccc1.O=C(NC(=S)NCc1ccccc1)c1ccccc1.[3H][BH].[3H][B]C.[U].[U]. The van der Waals surface area contributed by atoms with Crippen molar-refractivity contribution in [1.29, 1.82) is 2.67 Å². The van der Waals surface area contributed by atoms with Crippen LogP contribution in [-0.4, -0.2) is 149 Å². The van der Waals surface area contributed by atoms with Gasteiger partial charge in [0.05, 0.1) is 39.6 Å². The maximum atomic E-state index is 12.9. The first-order chi connectivity index (χ1) is 53.5. The number of rotatable bonds is 23. The number of anilines is 1. The van der Waals surface area contributed by atoms with Crippen LogP contribution in [0.3, 0.4) is 0 Å². The third-order valence-corrected chi connectivity index (χ3v) is 20.7. The fourth-order valence-electron chi connectivity index (χ4n) is 9.05. The maximum Gasteiger partial charge on any atom is 0.364 e. The number of ether oxygens (including phenoxy) is 3. The van der Waals surface area contributed by atoms with Gasteiger partial charge in [-0.25, -0.2) is 17.5 Å². The summed E-state index contributed by atoms with van der Waals surface area (Å²) in [5.41, 5.74) is 4.47. The van der Waals surface area contributed by atoms with Gasteiger partial charge in [-0.15, -0.1) is 0 Å². The van der Waals surface area contributed by atoms with Crippen molar-refractivity contribution in [3.05, 3.63) is 264 Å². The first-order valence-electron chi connectivity index (χ1n) is 35.3. The van der Waals surface area contributed by atoms with Crippen LogP contribution in [0.5, 0.6) is 0 Å². The Bertz CT molecular complexity index is 4340. The number of amides is 5. The summed E-state index contributed by atoms with van der Waals surface area (Å²) in [5, 5.41) is 30.0. The van der Waals surface area contributed by atoms with Gasteiger partial charge >= 0.3 is 14.5 Å². The summed E-state index contributed by atoms with van der Waals surface area (Å²) in [6.07, 6.45) is 5.12. The van der Waals surface area contributed by atoms with Crippen LogP contribution in [0.4, 0.5) is 5.69 Å². The van der Waals surface area contributed by atoms with E-state index in [1.807, 2.05) is 105 Å². The van der Waals surface area contributed by atoms with Gasteiger partial charge < -0.3 is 38.8 Å². The number of sulfonamides is 1. The number of hydrogen-bond acceptors (Lipinski definition) is 19.